The van der Waals surface area contributed by atoms with Crippen molar-refractivity contribution in [1.82, 2.24) is 14.8 Å². The lowest BCUT2D eigenvalue weighted by Crippen LogP contribution is -2.14. The van der Waals surface area contributed by atoms with Crippen LogP contribution in [0.15, 0.2) is 9.95 Å². The number of aromatic amines is 1. The SMILES string of the molecule is CCC(O)CSc1n[nH]c(=O)n1C. The van der Waals surface area contributed by atoms with Gasteiger partial charge >= 0.3 is 5.69 Å². The molecule has 0 saturated heterocycles. The highest BCUT2D eigenvalue weighted by atomic mass is 32.2. The van der Waals surface area contributed by atoms with Crippen LogP contribution in [-0.2, 0) is 7.05 Å². The third-order valence-corrected chi connectivity index (χ3v) is 2.89. The maximum absolute atomic E-state index is 10.9. The maximum atomic E-state index is 10.9. The van der Waals surface area contributed by atoms with E-state index in [-0.39, 0.29) is 11.8 Å². The van der Waals surface area contributed by atoms with E-state index in [1.54, 1.807) is 7.05 Å². The second kappa shape index (κ2) is 4.48. The zero-order valence-electron chi connectivity index (χ0n) is 7.65. The van der Waals surface area contributed by atoms with Gasteiger partial charge in [-0.1, -0.05) is 18.7 Å². The zero-order valence-corrected chi connectivity index (χ0v) is 8.47. The molecule has 1 heterocycles. The van der Waals surface area contributed by atoms with Crippen LogP contribution >= 0.6 is 11.8 Å². The van der Waals surface area contributed by atoms with E-state index in [0.717, 1.165) is 0 Å². The summed E-state index contributed by atoms with van der Waals surface area (Å²) < 4.78 is 1.42. The van der Waals surface area contributed by atoms with Gasteiger partial charge in [0.25, 0.3) is 0 Å². The lowest BCUT2D eigenvalue weighted by Gasteiger charge is -2.05. The van der Waals surface area contributed by atoms with Gasteiger partial charge in [-0.15, -0.1) is 5.10 Å². The number of rotatable bonds is 4. The van der Waals surface area contributed by atoms with Crippen LogP contribution in [-0.4, -0.2) is 31.7 Å². The minimum Gasteiger partial charge on any atom is -0.392 e. The molecular formula is C7H13N3O2S. The van der Waals surface area contributed by atoms with Crippen molar-refractivity contribution < 1.29 is 5.11 Å². The van der Waals surface area contributed by atoms with E-state index in [1.807, 2.05) is 6.92 Å². The summed E-state index contributed by atoms with van der Waals surface area (Å²) in [4.78, 5) is 10.9. The van der Waals surface area contributed by atoms with Crippen LogP contribution in [0.1, 0.15) is 13.3 Å². The van der Waals surface area contributed by atoms with E-state index in [0.29, 0.717) is 17.3 Å². The van der Waals surface area contributed by atoms with Crippen LogP contribution in [0.5, 0.6) is 0 Å². The van der Waals surface area contributed by atoms with Crippen LogP contribution in [0, 0.1) is 0 Å². The minimum atomic E-state index is -0.336. The molecule has 2 N–H and O–H groups in total. The summed E-state index contributed by atoms with van der Waals surface area (Å²) in [5.41, 5.74) is -0.228. The molecule has 13 heavy (non-hydrogen) atoms. The van der Waals surface area contributed by atoms with Crippen molar-refractivity contribution in [2.75, 3.05) is 5.75 Å². The largest absolute Gasteiger partial charge is 0.392 e. The van der Waals surface area contributed by atoms with Crippen molar-refractivity contribution in [3.63, 3.8) is 0 Å². The van der Waals surface area contributed by atoms with Gasteiger partial charge in [-0.05, 0) is 6.42 Å². The van der Waals surface area contributed by atoms with Gasteiger partial charge in [0, 0.05) is 12.8 Å². The van der Waals surface area contributed by atoms with E-state index in [4.69, 9.17) is 0 Å². The first kappa shape index (κ1) is 10.3. The summed E-state index contributed by atoms with van der Waals surface area (Å²) in [6.07, 6.45) is 0.377. The molecule has 0 aromatic carbocycles. The Morgan fingerprint density at radius 3 is 2.92 bits per heavy atom. The molecule has 1 aromatic heterocycles. The van der Waals surface area contributed by atoms with E-state index in [1.165, 1.54) is 16.3 Å². The summed E-state index contributed by atoms with van der Waals surface area (Å²) in [5, 5.41) is 16.0. The second-order valence-electron chi connectivity index (χ2n) is 2.74. The quantitative estimate of drug-likeness (QED) is 0.674. The van der Waals surface area contributed by atoms with Gasteiger partial charge in [0.2, 0.25) is 0 Å². The van der Waals surface area contributed by atoms with Gasteiger partial charge in [0.05, 0.1) is 6.10 Å². The third kappa shape index (κ3) is 2.60. The Bertz CT molecular complexity index is 320. The van der Waals surface area contributed by atoms with Crippen molar-refractivity contribution in [3.05, 3.63) is 10.5 Å². The second-order valence-corrected chi connectivity index (χ2v) is 3.73. The molecule has 0 saturated carbocycles. The van der Waals surface area contributed by atoms with Crippen LogP contribution in [0.25, 0.3) is 0 Å². The molecule has 0 spiro atoms. The number of thioether (sulfide) groups is 1. The van der Waals surface area contributed by atoms with Gasteiger partial charge in [0.1, 0.15) is 0 Å². The molecule has 1 aromatic rings. The Kier molecular flexibility index (Phi) is 3.56. The van der Waals surface area contributed by atoms with E-state index < -0.39 is 0 Å². The minimum absolute atomic E-state index is 0.228. The molecule has 0 fully saturated rings. The monoisotopic (exact) mass is 203 g/mol. The molecule has 0 aliphatic rings. The maximum Gasteiger partial charge on any atom is 0.343 e. The topological polar surface area (TPSA) is 70.9 Å². The number of hydrogen-bond donors (Lipinski definition) is 2. The van der Waals surface area contributed by atoms with Crippen LogP contribution in [0.4, 0.5) is 0 Å². The van der Waals surface area contributed by atoms with Crippen molar-refractivity contribution in [2.24, 2.45) is 7.05 Å². The zero-order chi connectivity index (χ0) is 9.84. The van der Waals surface area contributed by atoms with Gasteiger partial charge in [-0.2, -0.15) is 0 Å². The van der Waals surface area contributed by atoms with Crippen molar-refractivity contribution >= 4 is 11.8 Å². The Morgan fingerprint density at radius 2 is 2.46 bits per heavy atom. The highest BCUT2D eigenvalue weighted by Gasteiger charge is 2.07. The molecule has 0 aliphatic heterocycles. The molecular weight excluding hydrogens is 190 g/mol. The molecule has 1 rings (SSSR count). The van der Waals surface area contributed by atoms with Crippen molar-refractivity contribution in [2.45, 2.75) is 24.6 Å². The number of aliphatic hydroxyl groups excluding tert-OH is 1. The fourth-order valence-corrected chi connectivity index (χ4v) is 1.71. The average molecular weight is 203 g/mol. The number of H-pyrrole nitrogens is 1. The molecule has 0 aliphatic carbocycles. The summed E-state index contributed by atoms with van der Waals surface area (Å²) in [6.45, 7) is 1.91. The highest BCUT2D eigenvalue weighted by molar-refractivity contribution is 7.99. The number of nitrogens with zero attached hydrogens (tertiary/aromatic N) is 2. The van der Waals surface area contributed by atoms with Crippen molar-refractivity contribution in [1.29, 1.82) is 0 Å². The fourth-order valence-electron chi connectivity index (χ4n) is 0.750. The third-order valence-electron chi connectivity index (χ3n) is 1.71. The molecule has 0 radical (unpaired) electrons. The molecule has 1 unspecified atom stereocenters. The van der Waals surface area contributed by atoms with Crippen molar-refractivity contribution in [3.8, 4) is 0 Å². The predicted octanol–water partition coefficient (Wildman–Crippen LogP) is -0.0286. The number of nitrogens with one attached hydrogen (secondary N) is 1. The first-order chi connectivity index (χ1) is 6.15. The van der Waals surface area contributed by atoms with Crippen LogP contribution in [0.2, 0.25) is 0 Å². The molecule has 0 amide bonds. The highest BCUT2D eigenvalue weighted by Crippen LogP contribution is 2.13. The van der Waals surface area contributed by atoms with Gasteiger partial charge in [-0.25, -0.2) is 9.89 Å². The summed E-state index contributed by atoms with van der Waals surface area (Å²) >= 11 is 1.37. The van der Waals surface area contributed by atoms with E-state index in [9.17, 15) is 9.90 Å². The Morgan fingerprint density at radius 1 is 1.77 bits per heavy atom. The molecule has 5 nitrogen and oxygen atoms in total. The standard InChI is InChI=1S/C7H13N3O2S/c1-3-5(11)4-13-7-9-8-6(12)10(7)2/h5,11H,3-4H2,1-2H3,(H,8,12). The number of hydrogen-bond acceptors (Lipinski definition) is 4. The number of aromatic nitrogens is 3. The molecule has 74 valence electrons. The molecule has 0 bridgehead atoms. The Hall–Kier alpha value is -0.750. The average Bonchev–Trinajstić information content (AvgIpc) is 2.44. The van der Waals surface area contributed by atoms with Gasteiger partial charge in [0.15, 0.2) is 5.16 Å². The number of aliphatic hydroxyl groups is 1. The van der Waals surface area contributed by atoms with Gasteiger partial charge < -0.3 is 5.11 Å². The van der Waals surface area contributed by atoms with Gasteiger partial charge in [-0.3, -0.25) is 4.57 Å². The van der Waals surface area contributed by atoms with E-state index >= 15 is 0 Å². The smallest absolute Gasteiger partial charge is 0.343 e. The summed E-state index contributed by atoms with van der Waals surface area (Å²) in [6, 6.07) is 0. The Labute approximate surface area is 80.2 Å². The predicted molar refractivity (Wildman–Crippen MR) is 50.9 cm³/mol. The van der Waals surface area contributed by atoms with Crippen LogP contribution < -0.4 is 5.69 Å². The molecule has 1 atom stereocenters. The first-order valence-electron chi connectivity index (χ1n) is 4.07. The summed E-state index contributed by atoms with van der Waals surface area (Å²) in [5.74, 6) is 0.564. The lowest BCUT2D eigenvalue weighted by molar-refractivity contribution is 0.195. The summed E-state index contributed by atoms with van der Waals surface area (Å²) in [7, 11) is 1.65. The fraction of sp³-hybridized carbons (Fsp3) is 0.714. The normalized spacial score (nSPS) is 13.2. The van der Waals surface area contributed by atoms with E-state index in [2.05, 4.69) is 10.2 Å². The first-order valence-corrected chi connectivity index (χ1v) is 5.06. The Balaban J connectivity index is 2.55. The lowest BCUT2D eigenvalue weighted by atomic mass is 10.3. The molecule has 6 heteroatoms. The van der Waals surface area contributed by atoms with Crippen LogP contribution in [0.3, 0.4) is 0 Å².